The number of nitrogens with one attached hydrogen (secondary N) is 1. The number of benzene rings is 2. The SMILES string of the molecule is O=C(COc1cccc(Br)c1)Nc1ccc(C(F)(F)F)cc1. The van der Waals surface area contributed by atoms with Crippen LogP contribution in [0.5, 0.6) is 5.75 Å². The van der Waals surface area contributed by atoms with E-state index in [1.165, 1.54) is 12.1 Å². The van der Waals surface area contributed by atoms with E-state index in [0.717, 1.165) is 16.6 Å². The van der Waals surface area contributed by atoms with Crippen LogP contribution in [0, 0.1) is 0 Å². The Morgan fingerprint density at radius 2 is 1.82 bits per heavy atom. The summed E-state index contributed by atoms with van der Waals surface area (Å²) in [6.07, 6.45) is -4.40. The summed E-state index contributed by atoms with van der Waals surface area (Å²) < 4.78 is 43.3. The average molecular weight is 374 g/mol. The van der Waals surface area contributed by atoms with Crippen molar-refractivity contribution in [3.8, 4) is 5.75 Å². The standard InChI is InChI=1S/C15H11BrF3NO2/c16-11-2-1-3-13(8-11)22-9-14(21)20-12-6-4-10(5-7-12)15(17,18)19/h1-8H,9H2,(H,20,21). The number of rotatable bonds is 4. The number of hydrogen-bond acceptors (Lipinski definition) is 2. The Bertz CT molecular complexity index is 657. The van der Waals surface area contributed by atoms with Crippen LogP contribution in [0.25, 0.3) is 0 Å². The molecule has 1 amide bonds. The molecule has 0 bridgehead atoms. The first-order chi connectivity index (χ1) is 10.3. The monoisotopic (exact) mass is 373 g/mol. The molecule has 0 fully saturated rings. The molecule has 0 spiro atoms. The Morgan fingerprint density at radius 1 is 1.14 bits per heavy atom. The number of alkyl halides is 3. The van der Waals surface area contributed by atoms with Gasteiger partial charge in [-0.1, -0.05) is 22.0 Å². The van der Waals surface area contributed by atoms with Gasteiger partial charge in [-0.3, -0.25) is 4.79 Å². The van der Waals surface area contributed by atoms with Crippen molar-refractivity contribution in [3.05, 3.63) is 58.6 Å². The molecule has 0 atom stereocenters. The zero-order chi connectivity index (χ0) is 16.2. The molecule has 3 nitrogen and oxygen atoms in total. The van der Waals surface area contributed by atoms with Gasteiger partial charge in [0.05, 0.1) is 5.56 Å². The maximum atomic E-state index is 12.4. The van der Waals surface area contributed by atoms with E-state index in [2.05, 4.69) is 21.2 Å². The van der Waals surface area contributed by atoms with Crippen molar-refractivity contribution in [1.29, 1.82) is 0 Å². The van der Waals surface area contributed by atoms with Crippen LogP contribution in [-0.2, 0) is 11.0 Å². The lowest BCUT2D eigenvalue weighted by atomic mass is 10.2. The van der Waals surface area contributed by atoms with Crippen molar-refractivity contribution in [3.63, 3.8) is 0 Å². The van der Waals surface area contributed by atoms with Gasteiger partial charge in [0, 0.05) is 10.2 Å². The van der Waals surface area contributed by atoms with E-state index in [1.807, 2.05) is 6.07 Å². The molecule has 0 aliphatic rings. The molecule has 22 heavy (non-hydrogen) atoms. The lowest BCUT2D eigenvalue weighted by molar-refractivity contribution is -0.137. The topological polar surface area (TPSA) is 38.3 Å². The highest BCUT2D eigenvalue weighted by Gasteiger charge is 2.29. The van der Waals surface area contributed by atoms with Crippen LogP contribution >= 0.6 is 15.9 Å². The molecule has 2 rings (SSSR count). The first-order valence-corrected chi connectivity index (χ1v) is 6.99. The molecule has 116 valence electrons. The summed E-state index contributed by atoms with van der Waals surface area (Å²) in [5.41, 5.74) is -0.494. The summed E-state index contributed by atoms with van der Waals surface area (Å²) in [6, 6.07) is 11.2. The molecule has 0 saturated carbocycles. The molecular weight excluding hydrogens is 363 g/mol. The van der Waals surface area contributed by atoms with Crippen LogP contribution in [0.3, 0.4) is 0 Å². The van der Waals surface area contributed by atoms with Crippen molar-refractivity contribution in [2.24, 2.45) is 0 Å². The van der Waals surface area contributed by atoms with Gasteiger partial charge in [-0.25, -0.2) is 0 Å². The number of ether oxygens (including phenoxy) is 1. The van der Waals surface area contributed by atoms with Gasteiger partial charge >= 0.3 is 6.18 Å². The smallest absolute Gasteiger partial charge is 0.416 e. The summed E-state index contributed by atoms with van der Waals surface area (Å²) in [7, 11) is 0. The third-order valence-corrected chi connectivity index (χ3v) is 3.16. The molecule has 0 saturated heterocycles. The normalized spacial score (nSPS) is 11.1. The highest BCUT2D eigenvalue weighted by Crippen LogP contribution is 2.29. The molecule has 0 aliphatic carbocycles. The zero-order valence-corrected chi connectivity index (χ0v) is 12.7. The first-order valence-electron chi connectivity index (χ1n) is 6.20. The Hall–Kier alpha value is -2.02. The third kappa shape index (κ3) is 4.77. The van der Waals surface area contributed by atoms with E-state index in [1.54, 1.807) is 18.2 Å². The van der Waals surface area contributed by atoms with Gasteiger partial charge in [-0.2, -0.15) is 13.2 Å². The van der Waals surface area contributed by atoms with Gasteiger partial charge in [0.1, 0.15) is 5.75 Å². The Balaban J connectivity index is 1.89. The van der Waals surface area contributed by atoms with Crippen LogP contribution in [0.1, 0.15) is 5.56 Å². The molecule has 2 aromatic rings. The van der Waals surface area contributed by atoms with E-state index in [-0.39, 0.29) is 12.3 Å². The first kappa shape index (κ1) is 16.4. The van der Waals surface area contributed by atoms with E-state index >= 15 is 0 Å². The second-order valence-electron chi connectivity index (χ2n) is 4.37. The van der Waals surface area contributed by atoms with Crippen LogP contribution < -0.4 is 10.1 Å². The maximum Gasteiger partial charge on any atom is 0.416 e. The fraction of sp³-hybridized carbons (Fsp3) is 0.133. The summed E-state index contributed by atoms with van der Waals surface area (Å²) in [4.78, 5) is 11.7. The summed E-state index contributed by atoms with van der Waals surface area (Å²) in [6.45, 7) is -0.239. The molecule has 0 unspecified atom stereocenters. The fourth-order valence-corrected chi connectivity index (χ4v) is 2.02. The summed E-state index contributed by atoms with van der Waals surface area (Å²) >= 11 is 3.27. The van der Waals surface area contributed by atoms with E-state index in [4.69, 9.17) is 4.74 Å². The van der Waals surface area contributed by atoms with Crippen molar-refractivity contribution in [2.45, 2.75) is 6.18 Å². The quantitative estimate of drug-likeness (QED) is 0.857. The van der Waals surface area contributed by atoms with Gasteiger partial charge in [0.2, 0.25) is 0 Å². The Kier molecular flexibility index (Phi) is 5.07. The minimum Gasteiger partial charge on any atom is -0.484 e. The number of carbonyl (C=O) groups is 1. The highest BCUT2D eigenvalue weighted by atomic mass is 79.9. The molecule has 0 heterocycles. The van der Waals surface area contributed by atoms with Gasteiger partial charge in [-0.15, -0.1) is 0 Å². The molecule has 1 N–H and O–H groups in total. The van der Waals surface area contributed by atoms with Crippen LogP contribution in [0.2, 0.25) is 0 Å². The summed E-state index contributed by atoms with van der Waals surface area (Å²) in [5.74, 6) is 0.0525. The second-order valence-corrected chi connectivity index (χ2v) is 5.29. The number of halogens is 4. The van der Waals surface area contributed by atoms with Gasteiger partial charge < -0.3 is 10.1 Å². The van der Waals surface area contributed by atoms with Crippen LogP contribution in [0.4, 0.5) is 18.9 Å². The number of amides is 1. The van der Waals surface area contributed by atoms with Crippen molar-refractivity contribution in [2.75, 3.05) is 11.9 Å². The predicted molar refractivity (Wildman–Crippen MR) is 79.7 cm³/mol. The number of hydrogen-bond donors (Lipinski definition) is 1. The largest absolute Gasteiger partial charge is 0.484 e. The van der Waals surface area contributed by atoms with E-state index in [0.29, 0.717) is 5.75 Å². The number of carbonyl (C=O) groups excluding carboxylic acids is 1. The second kappa shape index (κ2) is 6.83. The Labute approximate surface area is 133 Å². The van der Waals surface area contributed by atoms with Crippen LogP contribution in [-0.4, -0.2) is 12.5 Å². The average Bonchev–Trinajstić information content (AvgIpc) is 2.45. The van der Waals surface area contributed by atoms with Gasteiger partial charge in [0.25, 0.3) is 5.91 Å². The fourth-order valence-electron chi connectivity index (χ4n) is 1.65. The van der Waals surface area contributed by atoms with Crippen molar-refractivity contribution < 1.29 is 22.7 Å². The molecule has 0 radical (unpaired) electrons. The minimum absolute atomic E-state index is 0.239. The molecule has 0 aromatic heterocycles. The molecule has 0 aliphatic heterocycles. The third-order valence-electron chi connectivity index (χ3n) is 2.66. The van der Waals surface area contributed by atoms with E-state index in [9.17, 15) is 18.0 Å². The lowest BCUT2D eigenvalue weighted by Crippen LogP contribution is -2.20. The predicted octanol–water partition coefficient (Wildman–Crippen LogP) is 4.49. The minimum atomic E-state index is -4.40. The van der Waals surface area contributed by atoms with Gasteiger partial charge in [0.15, 0.2) is 6.61 Å². The zero-order valence-electron chi connectivity index (χ0n) is 11.2. The highest BCUT2D eigenvalue weighted by molar-refractivity contribution is 9.10. The number of anilines is 1. The molecular formula is C15H11BrF3NO2. The van der Waals surface area contributed by atoms with Crippen molar-refractivity contribution in [1.82, 2.24) is 0 Å². The molecule has 7 heteroatoms. The van der Waals surface area contributed by atoms with Crippen molar-refractivity contribution >= 4 is 27.5 Å². The maximum absolute atomic E-state index is 12.4. The lowest BCUT2D eigenvalue weighted by Gasteiger charge is -2.09. The summed E-state index contributed by atoms with van der Waals surface area (Å²) in [5, 5.41) is 2.46. The van der Waals surface area contributed by atoms with Crippen LogP contribution in [0.15, 0.2) is 53.0 Å². The Morgan fingerprint density at radius 3 is 2.41 bits per heavy atom. The van der Waals surface area contributed by atoms with Gasteiger partial charge in [-0.05, 0) is 42.5 Å². The molecule has 2 aromatic carbocycles. The van der Waals surface area contributed by atoms with E-state index < -0.39 is 17.6 Å².